The molecule has 0 spiro atoms. The Morgan fingerprint density at radius 1 is 1.38 bits per heavy atom. The Labute approximate surface area is 56.9 Å². The van der Waals surface area contributed by atoms with E-state index >= 15 is 0 Å². The van der Waals surface area contributed by atoms with Crippen molar-refractivity contribution in [2.45, 2.75) is 0 Å². The lowest BCUT2D eigenvalue weighted by Crippen LogP contribution is -1.41. The first kappa shape index (κ1) is 2.89. The van der Waals surface area contributed by atoms with Gasteiger partial charge in [-0.2, -0.15) is 8.73 Å². The summed E-state index contributed by atoms with van der Waals surface area (Å²) in [5, 5.41) is 0.683. The van der Waals surface area contributed by atoms with Crippen LogP contribution in [0.15, 0.2) is 19.4 Å². The van der Waals surface area contributed by atoms with E-state index in [-0.39, 0.29) is 0 Å². The van der Waals surface area contributed by atoms with Crippen LogP contribution in [0.25, 0.3) is 0 Å². The molecule has 0 aromatic carbocycles. The van der Waals surface area contributed by atoms with Gasteiger partial charge < -0.3 is 0 Å². The number of nitrogens with zero attached hydrogens (tertiary/aromatic N) is 2. The first-order valence-electron chi connectivity index (χ1n) is 2.97. The van der Waals surface area contributed by atoms with Gasteiger partial charge in [-0.15, -0.1) is 11.3 Å². The predicted molar refractivity (Wildman–Crippen MR) is 35.9 cm³/mol. The molecule has 0 amide bonds. The fourth-order valence-electron chi connectivity index (χ4n) is 0.445. The lowest BCUT2D eigenvalue weighted by atomic mass is 10.5. The first-order valence-corrected chi connectivity index (χ1v) is 3.52. The van der Waals surface area contributed by atoms with Crippen molar-refractivity contribution in [2.75, 3.05) is 0 Å². The molecule has 1 aromatic rings. The van der Waals surface area contributed by atoms with Crippen LogP contribution in [0.1, 0.15) is 2.74 Å². The second-order valence-corrected chi connectivity index (χ2v) is 2.41. The molecule has 2 nitrogen and oxygen atoms in total. The molecule has 0 bridgehead atoms. The summed E-state index contributed by atoms with van der Waals surface area (Å²) in [7, 11) is 0. The maximum Gasteiger partial charge on any atom is 0.115 e. The minimum absolute atomic E-state index is 0.341. The summed E-state index contributed by atoms with van der Waals surface area (Å²) in [5.41, 5.74) is 1.14. The monoisotopic (exact) mass is 146 g/mol. The van der Waals surface area contributed by atoms with Gasteiger partial charge in [0.2, 0.25) is 0 Å². The Morgan fingerprint density at radius 2 is 2.00 bits per heavy atom. The van der Waals surface area contributed by atoms with Gasteiger partial charge in [0.1, 0.15) is 11.4 Å². The van der Waals surface area contributed by atoms with E-state index in [2.05, 4.69) is 8.73 Å². The Kier molecular flexibility index (Phi) is 0.541. The smallest absolute Gasteiger partial charge is 0.115 e. The highest BCUT2D eigenvalue weighted by atomic mass is 32.1. The van der Waals surface area contributed by atoms with Gasteiger partial charge in [-0.25, -0.2) is 0 Å². The van der Waals surface area contributed by atoms with Crippen LogP contribution in [0.3, 0.4) is 0 Å². The van der Waals surface area contributed by atoms with Crippen molar-refractivity contribution in [3.63, 3.8) is 0 Å². The second kappa shape index (κ2) is 1.50. The first-order chi connectivity index (χ1) is 4.79. The Bertz CT molecular complexity index is 322. The third-order valence-electron chi connectivity index (χ3n) is 0.784. The van der Waals surface area contributed by atoms with E-state index in [1.165, 1.54) is 0 Å². The van der Waals surface area contributed by atoms with Crippen molar-refractivity contribution < 1.29 is 2.74 Å². The Balaban J connectivity index is 2.77. The highest BCUT2D eigenvalue weighted by Gasteiger charge is 2.02. The number of hydrogen-bond acceptors (Lipinski definition) is 3. The third-order valence-corrected chi connectivity index (χ3v) is 1.90. The molecule has 4 heteroatoms. The van der Waals surface area contributed by atoms with Gasteiger partial charge in [0, 0.05) is 10.7 Å². The van der Waals surface area contributed by atoms with Crippen molar-refractivity contribution in [1.29, 1.82) is 0 Å². The second-order valence-electron chi connectivity index (χ2n) is 1.27. The number of thiophene rings is 1. The van der Waals surface area contributed by atoms with Crippen LogP contribution in [0.2, 0.25) is 0 Å². The maximum atomic E-state index is 7.30. The summed E-state index contributed by atoms with van der Waals surface area (Å²) in [5.74, 6) is 0. The maximum absolute atomic E-state index is 7.30. The molecule has 0 atom stereocenters. The molecule has 1 aromatic heterocycles. The zero-order valence-electron chi connectivity index (χ0n) is 5.71. The van der Waals surface area contributed by atoms with Crippen LogP contribution in [0, 0.1) is 0 Å². The molecule has 0 aliphatic carbocycles. The summed E-state index contributed by atoms with van der Waals surface area (Å²) >= 11 is 2.16. The van der Waals surface area contributed by atoms with Crippen molar-refractivity contribution in [3.8, 4) is 0 Å². The Morgan fingerprint density at radius 3 is 2.62 bits per heavy atom. The van der Waals surface area contributed by atoms with E-state index in [0.717, 1.165) is 22.7 Å². The number of rotatable bonds is 0. The molecule has 2 rings (SSSR count). The van der Waals surface area contributed by atoms with E-state index < -0.39 is 0 Å². The quantitative estimate of drug-likeness (QED) is 0.545. The minimum atomic E-state index is 0.341. The molecule has 1 aliphatic heterocycles. The van der Waals surface area contributed by atoms with E-state index in [4.69, 9.17) is 2.74 Å². The van der Waals surface area contributed by atoms with E-state index in [0.29, 0.717) is 22.1 Å². The molecule has 0 saturated carbocycles. The summed E-state index contributed by atoms with van der Waals surface area (Å²) < 4.78 is 22.4. The van der Waals surface area contributed by atoms with E-state index in [1.807, 2.05) is 0 Å². The fourth-order valence-corrected chi connectivity index (χ4v) is 1.56. The van der Waals surface area contributed by atoms with Crippen LogP contribution in [0.4, 0.5) is 11.4 Å². The molecule has 0 unspecified atom stereocenters. The molecular weight excluding hydrogens is 140 g/mol. The van der Waals surface area contributed by atoms with Gasteiger partial charge in [-0.3, -0.25) is 0 Å². The van der Waals surface area contributed by atoms with Gasteiger partial charge >= 0.3 is 0 Å². The van der Waals surface area contributed by atoms with Crippen molar-refractivity contribution in [1.82, 2.24) is 0 Å². The zero-order valence-corrected chi connectivity index (χ0v) is 5.34. The third kappa shape index (κ3) is 0.468. The summed E-state index contributed by atoms with van der Waals surface area (Å²) in [4.78, 5) is 0. The van der Waals surface area contributed by atoms with Gasteiger partial charge in [0.05, 0.1) is 14.1 Å². The normalized spacial score (nSPS) is 17.0. The van der Waals surface area contributed by atoms with Gasteiger partial charge in [-0.05, 0) is 0 Å². The van der Waals surface area contributed by atoms with E-state index in [1.54, 1.807) is 0 Å². The molecule has 0 saturated heterocycles. The molecule has 40 valence electrons. The average Bonchev–Trinajstić information content (AvgIpc) is 2.39. The molecule has 8 heavy (non-hydrogen) atoms. The van der Waals surface area contributed by atoms with Crippen LogP contribution in [0.5, 0.6) is 0 Å². The lowest BCUT2D eigenvalue weighted by molar-refractivity contribution is 1.62. The van der Waals surface area contributed by atoms with Gasteiger partial charge in [0.25, 0.3) is 0 Å². The average molecular weight is 146 g/mol. The highest BCUT2D eigenvalue weighted by Crippen LogP contribution is 2.34. The van der Waals surface area contributed by atoms with Crippen LogP contribution in [-0.4, -0.2) is 0 Å². The van der Waals surface area contributed by atoms with Crippen LogP contribution < -0.4 is 0 Å². The predicted octanol–water partition coefficient (Wildman–Crippen LogP) is 2.47. The van der Waals surface area contributed by atoms with Crippen LogP contribution in [-0.2, 0) is 11.4 Å². The van der Waals surface area contributed by atoms with Crippen molar-refractivity contribution >= 4 is 34.1 Å². The van der Waals surface area contributed by atoms with Crippen molar-refractivity contribution in [3.05, 3.63) is 10.7 Å². The van der Waals surface area contributed by atoms with Crippen LogP contribution >= 0.6 is 11.3 Å². The molecule has 0 radical (unpaired) electrons. The lowest BCUT2D eigenvalue weighted by Gasteiger charge is -1.73. The highest BCUT2D eigenvalue weighted by molar-refractivity contribution is 7.58. The largest absolute Gasteiger partial charge is 0.172 e. The molecule has 2 heterocycles. The minimum Gasteiger partial charge on any atom is -0.172 e. The SMILES string of the molecule is [3H]c1sc([3H])c2c1N=S=N2. The number of fused-ring (bicyclic) bond motifs is 1. The fraction of sp³-hybridized carbons (Fsp3) is 0. The molecular formula is C4H2N2S2. The van der Waals surface area contributed by atoms with E-state index in [9.17, 15) is 0 Å². The zero-order chi connectivity index (χ0) is 7.14. The Hall–Kier alpha value is -0.480. The topological polar surface area (TPSA) is 24.7 Å². The summed E-state index contributed by atoms with van der Waals surface area (Å²) in [6, 6.07) is 0. The summed E-state index contributed by atoms with van der Waals surface area (Å²) in [6.45, 7) is 0. The van der Waals surface area contributed by atoms with Crippen molar-refractivity contribution in [2.24, 2.45) is 8.73 Å². The number of hydrogen-bond donors (Lipinski definition) is 0. The molecule has 0 N–H and O–H groups in total. The molecule has 1 aliphatic rings. The summed E-state index contributed by atoms with van der Waals surface area (Å²) in [6.07, 6.45) is 0. The van der Waals surface area contributed by atoms with Gasteiger partial charge in [-0.1, -0.05) is 0 Å². The standard InChI is InChI=1S/C4H2N2S2/c1-3-4(2-7-1)6-8-5-3/h1-2H/i1T,2T. The van der Waals surface area contributed by atoms with Gasteiger partial charge in [0.15, 0.2) is 0 Å². The molecule has 0 fully saturated rings.